The summed E-state index contributed by atoms with van der Waals surface area (Å²) in [7, 11) is 0. The maximum absolute atomic E-state index is 12.4. The number of aromatic amines is 1. The molecular formula is C21H28N4O3. The Labute approximate surface area is 164 Å². The largest absolute Gasteiger partial charge is 0.480 e. The average molecular weight is 384 g/mol. The molecule has 7 heteroatoms. The molecule has 0 radical (unpaired) electrons. The van der Waals surface area contributed by atoms with E-state index in [0.29, 0.717) is 32.7 Å². The zero-order chi connectivity index (χ0) is 19.7. The van der Waals surface area contributed by atoms with Crippen molar-refractivity contribution < 1.29 is 14.7 Å². The van der Waals surface area contributed by atoms with Crippen LogP contribution >= 0.6 is 0 Å². The maximum atomic E-state index is 12.4. The standard InChI is InChI=1S/C21H28N4O3/c1-15-4-5-18-16(12-15)17(13-22-18)20(21(27)28)25-10-8-23(9-11-25)14-19(26)24-6-2-3-7-24/h4-5,12-13,20,22H,2-3,6-11,14H2,1H3,(H,27,28)/t20-/m0/s1. The van der Waals surface area contributed by atoms with Crippen LogP contribution in [0.5, 0.6) is 0 Å². The number of aryl methyl sites for hydroxylation is 1. The second-order valence-corrected chi connectivity index (χ2v) is 7.93. The first-order valence-corrected chi connectivity index (χ1v) is 10.1. The van der Waals surface area contributed by atoms with E-state index in [-0.39, 0.29) is 5.91 Å². The number of carboxylic acid groups (broad SMARTS) is 1. The van der Waals surface area contributed by atoms with Crippen LogP contribution in [-0.4, -0.2) is 82.5 Å². The van der Waals surface area contributed by atoms with E-state index in [1.807, 2.05) is 41.1 Å². The Hall–Kier alpha value is -2.38. The molecule has 2 aromatic rings. The Morgan fingerprint density at radius 3 is 2.50 bits per heavy atom. The zero-order valence-corrected chi connectivity index (χ0v) is 16.4. The quantitative estimate of drug-likeness (QED) is 0.822. The third-order valence-corrected chi connectivity index (χ3v) is 5.99. The van der Waals surface area contributed by atoms with Crippen molar-refractivity contribution >= 4 is 22.8 Å². The number of nitrogens with one attached hydrogen (secondary N) is 1. The molecule has 2 fully saturated rings. The van der Waals surface area contributed by atoms with E-state index in [9.17, 15) is 14.7 Å². The third-order valence-electron chi connectivity index (χ3n) is 5.99. The summed E-state index contributed by atoms with van der Waals surface area (Å²) >= 11 is 0. The first kappa shape index (κ1) is 19.0. The molecule has 2 saturated heterocycles. The Kier molecular flexibility index (Phi) is 5.37. The van der Waals surface area contributed by atoms with Crippen LogP contribution < -0.4 is 0 Å². The minimum Gasteiger partial charge on any atom is -0.480 e. The van der Waals surface area contributed by atoms with Crippen molar-refractivity contribution in [2.24, 2.45) is 0 Å². The van der Waals surface area contributed by atoms with Crippen molar-refractivity contribution in [3.05, 3.63) is 35.5 Å². The SMILES string of the molecule is Cc1ccc2[nH]cc([C@@H](C(=O)O)N3CCN(CC(=O)N4CCCC4)CC3)c2c1. The number of fused-ring (bicyclic) bond motifs is 1. The van der Waals surface area contributed by atoms with E-state index in [0.717, 1.165) is 48.0 Å². The van der Waals surface area contributed by atoms with Crippen molar-refractivity contribution in [3.63, 3.8) is 0 Å². The number of nitrogens with zero attached hydrogens (tertiary/aromatic N) is 3. The third kappa shape index (κ3) is 3.77. The number of carboxylic acids is 1. The highest BCUT2D eigenvalue weighted by molar-refractivity contribution is 5.89. The molecule has 3 heterocycles. The number of piperazine rings is 1. The van der Waals surface area contributed by atoms with Gasteiger partial charge in [-0.1, -0.05) is 11.6 Å². The van der Waals surface area contributed by atoms with Gasteiger partial charge in [0.25, 0.3) is 0 Å². The lowest BCUT2D eigenvalue weighted by atomic mass is 10.0. The molecular weight excluding hydrogens is 356 g/mol. The van der Waals surface area contributed by atoms with Crippen LogP contribution in [0.2, 0.25) is 0 Å². The normalized spacial score (nSPS) is 20.0. The summed E-state index contributed by atoms with van der Waals surface area (Å²) in [5, 5.41) is 10.9. The number of hydrogen-bond acceptors (Lipinski definition) is 4. The maximum Gasteiger partial charge on any atom is 0.325 e. The molecule has 1 aromatic heterocycles. The molecule has 2 aliphatic rings. The van der Waals surface area contributed by atoms with Gasteiger partial charge in [0.15, 0.2) is 0 Å². The number of carbonyl (C=O) groups excluding carboxylic acids is 1. The molecule has 1 atom stereocenters. The van der Waals surface area contributed by atoms with E-state index in [4.69, 9.17) is 0 Å². The Bertz CT molecular complexity index is 864. The summed E-state index contributed by atoms with van der Waals surface area (Å²) in [5.74, 6) is -0.628. The fourth-order valence-electron chi connectivity index (χ4n) is 4.41. The predicted octanol–water partition coefficient (Wildman–Crippen LogP) is 1.84. The number of aromatic nitrogens is 1. The lowest BCUT2D eigenvalue weighted by Crippen LogP contribution is -2.51. The van der Waals surface area contributed by atoms with Gasteiger partial charge in [-0.2, -0.15) is 0 Å². The number of benzene rings is 1. The van der Waals surface area contributed by atoms with Crippen LogP contribution in [-0.2, 0) is 9.59 Å². The van der Waals surface area contributed by atoms with Crippen LogP contribution in [0.1, 0.15) is 30.0 Å². The van der Waals surface area contributed by atoms with E-state index >= 15 is 0 Å². The molecule has 0 bridgehead atoms. The van der Waals surface area contributed by atoms with Crippen LogP contribution in [0.3, 0.4) is 0 Å². The summed E-state index contributed by atoms with van der Waals surface area (Å²) in [4.78, 5) is 33.8. The van der Waals surface area contributed by atoms with Crippen molar-refractivity contribution in [3.8, 4) is 0 Å². The monoisotopic (exact) mass is 384 g/mol. The van der Waals surface area contributed by atoms with Gasteiger partial charge in [-0.15, -0.1) is 0 Å². The highest BCUT2D eigenvalue weighted by Crippen LogP contribution is 2.30. The summed E-state index contributed by atoms with van der Waals surface area (Å²) in [6.07, 6.45) is 4.03. The molecule has 1 aromatic carbocycles. The molecule has 1 amide bonds. The van der Waals surface area contributed by atoms with Crippen LogP contribution in [0.15, 0.2) is 24.4 Å². The summed E-state index contributed by atoms with van der Waals surface area (Å²) in [6, 6.07) is 5.39. The predicted molar refractivity (Wildman–Crippen MR) is 107 cm³/mol. The molecule has 2 N–H and O–H groups in total. The number of amides is 1. The van der Waals surface area contributed by atoms with E-state index in [2.05, 4.69) is 9.88 Å². The first-order chi connectivity index (χ1) is 13.5. The van der Waals surface area contributed by atoms with Crippen molar-refractivity contribution in [2.45, 2.75) is 25.8 Å². The minimum atomic E-state index is -0.830. The lowest BCUT2D eigenvalue weighted by Gasteiger charge is -2.37. The van der Waals surface area contributed by atoms with Crippen LogP contribution in [0.4, 0.5) is 0 Å². The lowest BCUT2D eigenvalue weighted by molar-refractivity contribution is -0.145. The zero-order valence-electron chi connectivity index (χ0n) is 16.4. The first-order valence-electron chi connectivity index (χ1n) is 10.1. The van der Waals surface area contributed by atoms with Crippen molar-refractivity contribution in [1.29, 1.82) is 0 Å². The smallest absolute Gasteiger partial charge is 0.325 e. The molecule has 0 spiro atoms. The summed E-state index contributed by atoms with van der Waals surface area (Å²) in [5.41, 5.74) is 2.89. The molecule has 2 aliphatic heterocycles. The Morgan fingerprint density at radius 1 is 1.11 bits per heavy atom. The summed E-state index contributed by atoms with van der Waals surface area (Å²) in [6.45, 7) is 6.92. The van der Waals surface area contributed by atoms with Gasteiger partial charge in [-0.05, 0) is 31.9 Å². The van der Waals surface area contributed by atoms with Crippen LogP contribution in [0.25, 0.3) is 10.9 Å². The number of hydrogen-bond donors (Lipinski definition) is 2. The number of likely N-dealkylation sites (tertiary alicyclic amines) is 1. The van der Waals surface area contributed by atoms with E-state index < -0.39 is 12.0 Å². The van der Waals surface area contributed by atoms with Crippen molar-refractivity contribution in [1.82, 2.24) is 19.7 Å². The highest BCUT2D eigenvalue weighted by atomic mass is 16.4. The summed E-state index contributed by atoms with van der Waals surface area (Å²) < 4.78 is 0. The number of carbonyl (C=O) groups is 2. The van der Waals surface area contributed by atoms with Gasteiger partial charge in [0, 0.05) is 61.9 Å². The number of H-pyrrole nitrogens is 1. The number of rotatable bonds is 5. The molecule has 0 saturated carbocycles. The van der Waals surface area contributed by atoms with Gasteiger partial charge in [0.2, 0.25) is 5.91 Å². The van der Waals surface area contributed by atoms with E-state index in [1.165, 1.54) is 0 Å². The van der Waals surface area contributed by atoms with Gasteiger partial charge < -0.3 is 15.0 Å². The highest BCUT2D eigenvalue weighted by Gasteiger charge is 2.33. The number of aliphatic carboxylic acids is 1. The van der Waals surface area contributed by atoms with Crippen molar-refractivity contribution in [2.75, 3.05) is 45.8 Å². The van der Waals surface area contributed by atoms with Gasteiger partial charge >= 0.3 is 5.97 Å². The van der Waals surface area contributed by atoms with Gasteiger partial charge in [0.05, 0.1) is 6.54 Å². The fraction of sp³-hybridized carbons (Fsp3) is 0.524. The molecule has 4 rings (SSSR count). The fourth-order valence-corrected chi connectivity index (χ4v) is 4.41. The second-order valence-electron chi connectivity index (χ2n) is 7.93. The molecule has 0 aliphatic carbocycles. The Balaban J connectivity index is 1.44. The molecule has 150 valence electrons. The van der Waals surface area contributed by atoms with Gasteiger partial charge in [-0.25, -0.2) is 0 Å². The van der Waals surface area contributed by atoms with E-state index in [1.54, 1.807) is 0 Å². The average Bonchev–Trinajstić information content (AvgIpc) is 3.34. The molecule has 0 unspecified atom stereocenters. The Morgan fingerprint density at radius 2 is 1.82 bits per heavy atom. The topological polar surface area (TPSA) is 79.9 Å². The minimum absolute atomic E-state index is 0.202. The molecule has 28 heavy (non-hydrogen) atoms. The van der Waals surface area contributed by atoms with Crippen LogP contribution in [0, 0.1) is 6.92 Å². The molecule has 7 nitrogen and oxygen atoms in total. The second kappa shape index (κ2) is 7.93. The van der Waals surface area contributed by atoms with Gasteiger partial charge in [0.1, 0.15) is 6.04 Å². The van der Waals surface area contributed by atoms with Gasteiger partial charge in [-0.3, -0.25) is 19.4 Å².